The van der Waals surface area contributed by atoms with Crippen molar-refractivity contribution in [2.24, 2.45) is 11.7 Å². The molecule has 0 heterocycles. The number of nitrogens with one attached hydrogen (secondary N) is 2. The van der Waals surface area contributed by atoms with Gasteiger partial charge in [0.25, 0.3) is 5.91 Å². The minimum atomic E-state index is -0.109. The van der Waals surface area contributed by atoms with E-state index < -0.39 is 0 Å². The lowest BCUT2D eigenvalue weighted by Crippen LogP contribution is -2.38. The number of anilines is 2. The van der Waals surface area contributed by atoms with Crippen molar-refractivity contribution in [2.45, 2.75) is 18.9 Å². The first-order valence-electron chi connectivity index (χ1n) is 8.21. The maximum absolute atomic E-state index is 12.5. The van der Waals surface area contributed by atoms with Crippen LogP contribution in [-0.4, -0.2) is 25.6 Å². The summed E-state index contributed by atoms with van der Waals surface area (Å²) in [6.45, 7) is 0.514. The first-order chi connectivity index (χ1) is 11.7. The lowest BCUT2D eigenvalue weighted by atomic mass is 10.1. The number of rotatable bonds is 7. The third-order valence-electron chi connectivity index (χ3n) is 4.27. The normalized spacial score (nSPS) is 14.2. The van der Waals surface area contributed by atoms with Crippen molar-refractivity contribution in [3.63, 3.8) is 0 Å². The Morgan fingerprint density at radius 3 is 2.52 bits per heavy atom. The number of nitrogens with two attached hydrogens (primary N) is 1. The Morgan fingerprint density at radius 1 is 1.20 bits per heavy atom. The van der Waals surface area contributed by atoms with Gasteiger partial charge >= 0.3 is 0 Å². The highest BCUT2D eigenvalue weighted by Gasteiger charge is 2.28. The monoisotopic (exact) mass is 361 g/mol. The molecule has 1 atom stereocenters. The molecule has 0 aromatic heterocycles. The number of methoxy groups -OCH3 is 1. The number of hydrogen-bond acceptors (Lipinski definition) is 4. The third kappa shape index (κ3) is 5.11. The summed E-state index contributed by atoms with van der Waals surface area (Å²) >= 11 is 0. The fraction of sp³-hybridized carbons (Fsp3) is 0.316. The number of benzene rings is 2. The Balaban J connectivity index is 0.00000225. The second-order valence-corrected chi connectivity index (χ2v) is 6.11. The highest BCUT2D eigenvalue weighted by atomic mass is 35.5. The molecule has 0 bridgehead atoms. The van der Waals surface area contributed by atoms with Crippen molar-refractivity contribution in [3.05, 3.63) is 54.1 Å². The highest BCUT2D eigenvalue weighted by Crippen LogP contribution is 2.31. The van der Waals surface area contributed by atoms with Gasteiger partial charge in [-0.3, -0.25) is 4.79 Å². The molecule has 0 saturated heterocycles. The van der Waals surface area contributed by atoms with E-state index >= 15 is 0 Å². The van der Waals surface area contributed by atoms with E-state index in [1.54, 1.807) is 7.11 Å². The fourth-order valence-electron chi connectivity index (χ4n) is 2.62. The highest BCUT2D eigenvalue weighted by molar-refractivity contribution is 6.00. The minimum absolute atomic E-state index is 0. The molecule has 0 spiro atoms. The second-order valence-electron chi connectivity index (χ2n) is 6.11. The number of carbonyl (C=O) groups excluding carboxylic acids is 1. The summed E-state index contributed by atoms with van der Waals surface area (Å²) in [6.07, 6.45) is 2.35. The molecule has 1 amide bonds. The van der Waals surface area contributed by atoms with Crippen LogP contribution in [0.3, 0.4) is 0 Å². The van der Waals surface area contributed by atoms with E-state index in [0.29, 0.717) is 18.0 Å². The van der Waals surface area contributed by atoms with Gasteiger partial charge in [0.1, 0.15) is 5.75 Å². The second kappa shape index (κ2) is 8.74. The summed E-state index contributed by atoms with van der Waals surface area (Å²) in [4.78, 5) is 12.5. The number of halogens is 1. The summed E-state index contributed by atoms with van der Waals surface area (Å²) in [6, 6.07) is 15.1. The Hall–Kier alpha value is -2.24. The van der Waals surface area contributed by atoms with E-state index in [1.165, 1.54) is 12.8 Å². The molecule has 1 unspecified atom stereocenters. The topological polar surface area (TPSA) is 76.4 Å². The van der Waals surface area contributed by atoms with Crippen LogP contribution in [-0.2, 0) is 0 Å². The molecule has 2 aromatic rings. The van der Waals surface area contributed by atoms with Crippen molar-refractivity contribution < 1.29 is 9.53 Å². The van der Waals surface area contributed by atoms with Crippen LogP contribution >= 0.6 is 12.4 Å². The molecule has 1 fully saturated rings. The quantitative estimate of drug-likeness (QED) is 0.707. The van der Waals surface area contributed by atoms with E-state index in [4.69, 9.17) is 10.5 Å². The molecule has 1 saturated carbocycles. The van der Waals surface area contributed by atoms with Crippen LogP contribution in [0, 0.1) is 5.92 Å². The lowest BCUT2D eigenvalue weighted by molar-refractivity contribution is 0.0951. The summed E-state index contributed by atoms with van der Waals surface area (Å²) in [5, 5.41) is 6.22. The maximum atomic E-state index is 12.5. The zero-order valence-corrected chi connectivity index (χ0v) is 15.0. The molecular weight excluding hydrogens is 338 g/mol. The average molecular weight is 362 g/mol. The predicted molar refractivity (Wildman–Crippen MR) is 103 cm³/mol. The van der Waals surface area contributed by atoms with E-state index in [2.05, 4.69) is 10.6 Å². The van der Waals surface area contributed by atoms with E-state index in [0.717, 1.165) is 17.1 Å². The van der Waals surface area contributed by atoms with Gasteiger partial charge in [-0.25, -0.2) is 0 Å². The number of amides is 1. The first kappa shape index (κ1) is 19.1. The van der Waals surface area contributed by atoms with Crippen LogP contribution in [0.4, 0.5) is 11.4 Å². The van der Waals surface area contributed by atoms with Gasteiger partial charge in [0.15, 0.2) is 0 Å². The standard InChI is InChI=1S/C19H23N3O2.ClH/c1-24-15-10-8-14(9-11-15)22-18-5-3-2-4-16(18)19(23)21-12-17(20)13-6-7-13;/h2-5,8-11,13,17,22H,6-7,12,20H2,1H3,(H,21,23);1H. The van der Waals surface area contributed by atoms with Gasteiger partial charge in [-0.1, -0.05) is 12.1 Å². The lowest BCUT2D eigenvalue weighted by Gasteiger charge is -2.15. The molecule has 4 N–H and O–H groups in total. The van der Waals surface area contributed by atoms with Gasteiger partial charge in [-0.15, -0.1) is 12.4 Å². The predicted octanol–water partition coefficient (Wildman–Crippen LogP) is 3.33. The van der Waals surface area contributed by atoms with Crippen molar-refractivity contribution in [2.75, 3.05) is 19.0 Å². The van der Waals surface area contributed by atoms with Crippen LogP contribution in [0.2, 0.25) is 0 Å². The van der Waals surface area contributed by atoms with Crippen LogP contribution in [0.15, 0.2) is 48.5 Å². The van der Waals surface area contributed by atoms with Crippen molar-refractivity contribution in [3.8, 4) is 5.75 Å². The summed E-state index contributed by atoms with van der Waals surface area (Å²) in [5.41, 5.74) is 8.32. The third-order valence-corrected chi connectivity index (χ3v) is 4.27. The molecule has 3 rings (SSSR count). The maximum Gasteiger partial charge on any atom is 0.253 e. The molecule has 5 nitrogen and oxygen atoms in total. The smallest absolute Gasteiger partial charge is 0.253 e. The summed E-state index contributed by atoms with van der Waals surface area (Å²) in [7, 11) is 1.63. The Bertz CT molecular complexity index is 702. The molecule has 2 aromatic carbocycles. The van der Waals surface area contributed by atoms with Gasteiger partial charge in [0.2, 0.25) is 0 Å². The summed E-state index contributed by atoms with van der Waals surface area (Å²) in [5.74, 6) is 1.25. The first-order valence-corrected chi connectivity index (χ1v) is 8.21. The number of hydrogen-bond donors (Lipinski definition) is 3. The van der Waals surface area contributed by atoms with Crippen molar-refractivity contribution in [1.82, 2.24) is 5.32 Å². The Labute approximate surface area is 154 Å². The van der Waals surface area contributed by atoms with Gasteiger partial charge < -0.3 is 21.1 Å². The van der Waals surface area contributed by atoms with Gasteiger partial charge in [-0.05, 0) is 55.2 Å². The van der Waals surface area contributed by atoms with Gasteiger partial charge in [0.05, 0.1) is 18.4 Å². The zero-order valence-electron chi connectivity index (χ0n) is 14.2. The molecule has 134 valence electrons. The molecular formula is C19H24ClN3O2. The van der Waals surface area contributed by atoms with Crippen molar-refractivity contribution >= 4 is 29.7 Å². The van der Waals surface area contributed by atoms with E-state index in [9.17, 15) is 4.79 Å². The molecule has 0 radical (unpaired) electrons. The van der Waals surface area contributed by atoms with E-state index in [-0.39, 0.29) is 24.4 Å². The molecule has 1 aliphatic carbocycles. The van der Waals surface area contributed by atoms with E-state index in [1.807, 2.05) is 48.5 Å². The molecule has 25 heavy (non-hydrogen) atoms. The zero-order chi connectivity index (χ0) is 16.9. The SMILES string of the molecule is COc1ccc(Nc2ccccc2C(=O)NCC(N)C2CC2)cc1.Cl. The van der Waals surface area contributed by atoms with Crippen LogP contribution in [0.5, 0.6) is 5.75 Å². The number of ether oxygens (including phenoxy) is 1. The van der Waals surface area contributed by atoms with Gasteiger partial charge in [0, 0.05) is 18.3 Å². The molecule has 6 heteroatoms. The van der Waals surface area contributed by atoms with Crippen LogP contribution in [0.25, 0.3) is 0 Å². The molecule has 0 aliphatic heterocycles. The largest absolute Gasteiger partial charge is 0.497 e. The number of para-hydroxylation sites is 1. The summed E-state index contributed by atoms with van der Waals surface area (Å²) < 4.78 is 5.16. The van der Waals surface area contributed by atoms with Crippen molar-refractivity contribution in [1.29, 1.82) is 0 Å². The molecule has 1 aliphatic rings. The number of carbonyl (C=O) groups is 1. The Kier molecular flexibility index (Phi) is 6.67. The van der Waals surface area contributed by atoms with Gasteiger partial charge in [-0.2, -0.15) is 0 Å². The average Bonchev–Trinajstić information content (AvgIpc) is 3.46. The Morgan fingerprint density at radius 2 is 1.88 bits per heavy atom. The van der Waals surface area contributed by atoms with Crippen LogP contribution in [0.1, 0.15) is 23.2 Å². The fourth-order valence-corrected chi connectivity index (χ4v) is 2.62. The van der Waals surface area contributed by atoms with Crippen LogP contribution < -0.4 is 21.1 Å². The minimum Gasteiger partial charge on any atom is -0.497 e.